The second kappa shape index (κ2) is 8.33. The summed E-state index contributed by atoms with van der Waals surface area (Å²) in [6, 6.07) is 6.47. The number of nitrogens with one attached hydrogen (secondary N) is 2. The Balaban J connectivity index is 1.77. The van der Waals surface area contributed by atoms with Crippen LogP contribution in [0.5, 0.6) is 0 Å². The average molecular weight is 333 g/mol. The first-order valence-electron chi connectivity index (χ1n) is 8.09. The van der Waals surface area contributed by atoms with Crippen LogP contribution in [0.2, 0.25) is 0 Å². The molecule has 0 saturated carbocycles. The lowest BCUT2D eigenvalue weighted by Gasteiger charge is -2.31. The van der Waals surface area contributed by atoms with Crippen LogP contribution in [0, 0.1) is 0 Å². The maximum Gasteiger partial charge on any atom is 0.409 e. The van der Waals surface area contributed by atoms with E-state index >= 15 is 0 Å². The van der Waals surface area contributed by atoms with Crippen LogP contribution in [0.3, 0.4) is 0 Å². The molecule has 0 atom stereocenters. The predicted octanol–water partition coefficient (Wildman–Crippen LogP) is 2.63. The van der Waals surface area contributed by atoms with Gasteiger partial charge in [-0.2, -0.15) is 0 Å². The van der Waals surface area contributed by atoms with Crippen LogP contribution in [0.1, 0.15) is 37.0 Å². The van der Waals surface area contributed by atoms with E-state index in [9.17, 15) is 14.4 Å². The fourth-order valence-corrected chi connectivity index (χ4v) is 2.56. The molecule has 7 nitrogen and oxygen atoms in total. The van der Waals surface area contributed by atoms with Crippen molar-refractivity contribution in [2.75, 3.05) is 25.0 Å². The van der Waals surface area contributed by atoms with Crippen molar-refractivity contribution in [3.8, 4) is 0 Å². The minimum atomic E-state index is -0.300. The first kappa shape index (κ1) is 17.8. The van der Waals surface area contributed by atoms with Gasteiger partial charge in [-0.05, 0) is 51.0 Å². The van der Waals surface area contributed by atoms with Gasteiger partial charge in [0.05, 0.1) is 6.61 Å². The first-order chi connectivity index (χ1) is 11.5. The van der Waals surface area contributed by atoms with Crippen molar-refractivity contribution in [1.29, 1.82) is 0 Å². The van der Waals surface area contributed by atoms with Crippen LogP contribution in [0.4, 0.5) is 15.3 Å². The number of likely N-dealkylation sites (tertiary alicyclic amines) is 1. The lowest BCUT2D eigenvalue weighted by atomic mass is 10.1. The van der Waals surface area contributed by atoms with Crippen molar-refractivity contribution >= 4 is 23.6 Å². The molecule has 0 aromatic heterocycles. The van der Waals surface area contributed by atoms with E-state index in [0.717, 1.165) is 0 Å². The summed E-state index contributed by atoms with van der Waals surface area (Å²) in [4.78, 5) is 36.5. The Morgan fingerprint density at radius 1 is 1.17 bits per heavy atom. The normalized spacial score (nSPS) is 14.8. The lowest BCUT2D eigenvalue weighted by Crippen LogP contribution is -2.47. The molecule has 1 fully saturated rings. The van der Waals surface area contributed by atoms with Crippen molar-refractivity contribution in [3.05, 3.63) is 29.8 Å². The van der Waals surface area contributed by atoms with Gasteiger partial charge in [0.1, 0.15) is 0 Å². The summed E-state index contributed by atoms with van der Waals surface area (Å²) in [5, 5.41) is 5.64. The smallest absolute Gasteiger partial charge is 0.409 e. The molecule has 3 amide bonds. The van der Waals surface area contributed by atoms with Gasteiger partial charge in [-0.1, -0.05) is 0 Å². The number of hydrogen-bond acceptors (Lipinski definition) is 4. The Labute approximate surface area is 141 Å². The number of ether oxygens (including phenoxy) is 1. The van der Waals surface area contributed by atoms with Gasteiger partial charge in [0.25, 0.3) is 0 Å². The Bertz CT molecular complexity index is 592. The molecule has 0 aliphatic carbocycles. The molecule has 2 rings (SSSR count). The second-order valence-corrected chi connectivity index (χ2v) is 5.69. The molecule has 130 valence electrons. The van der Waals surface area contributed by atoms with E-state index in [2.05, 4.69) is 10.6 Å². The third-order valence-electron chi connectivity index (χ3n) is 3.91. The number of urea groups is 1. The van der Waals surface area contributed by atoms with Gasteiger partial charge >= 0.3 is 12.1 Å². The molecular weight excluding hydrogens is 310 g/mol. The number of piperidine rings is 1. The quantitative estimate of drug-likeness (QED) is 0.829. The summed E-state index contributed by atoms with van der Waals surface area (Å²) in [6.07, 6.45) is 1.08. The van der Waals surface area contributed by atoms with Gasteiger partial charge in [-0.15, -0.1) is 0 Å². The average Bonchev–Trinajstić information content (AvgIpc) is 2.56. The summed E-state index contributed by atoms with van der Waals surface area (Å²) < 4.78 is 4.97. The number of anilines is 1. The molecule has 0 spiro atoms. The van der Waals surface area contributed by atoms with E-state index in [0.29, 0.717) is 43.8 Å². The molecular formula is C17H23N3O4. The molecule has 0 unspecified atom stereocenters. The lowest BCUT2D eigenvalue weighted by molar-refractivity contribution is 0.0957. The maximum atomic E-state index is 12.0. The molecule has 0 radical (unpaired) electrons. The number of amides is 3. The van der Waals surface area contributed by atoms with Gasteiger partial charge in [0, 0.05) is 30.4 Å². The van der Waals surface area contributed by atoms with Crippen LogP contribution in [-0.4, -0.2) is 48.5 Å². The number of ketones is 1. The third kappa shape index (κ3) is 4.97. The summed E-state index contributed by atoms with van der Waals surface area (Å²) in [7, 11) is 0. The van der Waals surface area contributed by atoms with Crippen molar-refractivity contribution < 1.29 is 19.1 Å². The molecule has 1 aliphatic heterocycles. The number of Topliss-reactive ketones (excluding diaryl/α,β-unsaturated/α-hetero) is 1. The van der Waals surface area contributed by atoms with E-state index in [1.807, 2.05) is 0 Å². The van der Waals surface area contributed by atoms with E-state index in [-0.39, 0.29) is 23.9 Å². The summed E-state index contributed by atoms with van der Waals surface area (Å²) >= 11 is 0. The predicted molar refractivity (Wildman–Crippen MR) is 90.2 cm³/mol. The number of nitrogens with zero attached hydrogens (tertiary/aromatic N) is 1. The fraction of sp³-hybridized carbons (Fsp3) is 0.471. The number of carbonyl (C=O) groups excluding carboxylic acids is 3. The zero-order chi connectivity index (χ0) is 17.5. The van der Waals surface area contributed by atoms with E-state index in [1.165, 1.54) is 6.92 Å². The van der Waals surface area contributed by atoms with Crippen LogP contribution >= 0.6 is 0 Å². The van der Waals surface area contributed by atoms with Crippen molar-refractivity contribution in [2.24, 2.45) is 0 Å². The molecule has 24 heavy (non-hydrogen) atoms. The van der Waals surface area contributed by atoms with Gasteiger partial charge in [0.2, 0.25) is 0 Å². The summed E-state index contributed by atoms with van der Waals surface area (Å²) in [5.41, 5.74) is 1.23. The van der Waals surface area contributed by atoms with Crippen LogP contribution in [0.15, 0.2) is 24.3 Å². The Hall–Kier alpha value is -2.57. The molecule has 0 bridgehead atoms. The SMILES string of the molecule is CCOC(=O)N1CCC(NC(=O)Nc2ccc(C(C)=O)cc2)CC1. The van der Waals surface area contributed by atoms with Crippen molar-refractivity contribution in [3.63, 3.8) is 0 Å². The monoisotopic (exact) mass is 333 g/mol. The molecule has 1 aromatic rings. The fourth-order valence-electron chi connectivity index (χ4n) is 2.56. The minimum absolute atomic E-state index is 0.0145. The van der Waals surface area contributed by atoms with Crippen molar-refractivity contribution in [1.82, 2.24) is 10.2 Å². The van der Waals surface area contributed by atoms with Gasteiger partial charge in [-0.25, -0.2) is 9.59 Å². The Morgan fingerprint density at radius 3 is 2.33 bits per heavy atom. The highest BCUT2D eigenvalue weighted by Crippen LogP contribution is 2.13. The summed E-state index contributed by atoms with van der Waals surface area (Å²) in [5.74, 6) is -0.0145. The van der Waals surface area contributed by atoms with E-state index < -0.39 is 0 Å². The highest BCUT2D eigenvalue weighted by atomic mass is 16.6. The first-order valence-corrected chi connectivity index (χ1v) is 8.09. The van der Waals surface area contributed by atoms with Gasteiger partial charge in [0.15, 0.2) is 5.78 Å². The molecule has 2 N–H and O–H groups in total. The second-order valence-electron chi connectivity index (χ2n) is 5.69. The maximum absolute atomic E-state index is 12.0. The summed E-state index contributed by atoms with van der Waals surface area (Å²) in [6.45, 7) is 4.77. The van der Waals surface area contributed by atoms with Crippen LogP contribution in [-0.2, 0) is 4.74 Å². The van der Waals surface area contributed by atoms with Crippen LogP contribution in [0.25, 0.3) is 0 Å². The van der Waals surface area contributed by atoms with Crippen molar-refractivity contribution in [2.45, 2.75) is 32.7 Å². The Kier molecular flexibility index (Phi) is 6.17. The Morgan fingerprint density at radius 2 is 1.79 bits per heavy atom. The third-order valence-corrected chi connectivity index (χ3v) is 3.91. The number of benzene rings is 1. The topological polar surface area (TPSA) is 87.7 Å². The molecule has 1 saturated heterocycles. The van der Waals surface area contributed by atoms with E-state index in [4.69, 9.17) is 4.74 Å². The largest absolute Gasteiger partial charge is 0.450 e. The number of rotatable bonds is 4. The number of carbonyl (C=O) groups is 3. The van der Waals surface area contributed by atoms with E-state index in [1.54, 1.807) is 36.1 Å². The minimum Gasteiger partial charge on any atom is -0.450 e. The molecule has 1 aliphatic rings. The standard InChI is InChI=1S/C17H23N3O4/c1-3-24-17(23)20-10-8-15(9-11-20)19-16(22)18-14-6-4-13(5-7-14)12(2)21/h4-7,15H,3,8-11H2,1-2H3,(H2,18,19,22). The molecule has 1 aromatic carbocycles. The van der Waals surface area contributed by atoms with Crippen LogP contribution < -0.4 is 10.6 Å². The van der Waals surface area contributed by atoms with Gasteiger partial charge < -0.3 is 20.3 Å². The highest BCUT2D eigenvalue weighted by molar-refractivity contribution is 5.95. The highest BCUT2D eigenvalue weighted by Gasteiger charge is 2.24. The molecule has 1 heterocycles. The number of hydrogen-bond donors (Lipinski definition) is 2. The zero-order valence-corrected chi connectivity index (χ0v) is 14.0. The zero-order valence-electron chi connectivity index (χ0n) is 14.0. The van der Waals surface area contributed by atoms with Gasteiger partial charge in [-0.3, -0.25) is 4.79 Å². The molecule has 7 heteroatoms.